The third-order valence-corrected chi connectivity index (χ3v) is 11.3. The van der Waals surface area contributed by atoms with Gasteiger partial charge in [0.25, 0.3) is 0 Å². The summed E-state index contributed by atoms with van der Waals surface area (Å²) in [5.41, 5.74) is 8.93. The van der Waals surface area contributed by atoms with Gasteiger partial charge in [-0.15, -0.1) is 11.3 Å². The van der Waals surface area contributed by atoms with Gasteiger partial charge in [0.15, 0.2) is 0 Å². The zero-order valence-corrected chi connectivity index (χ0v) is 23.0. The molecule has 2 aliphatic rings. The van der Waals surface area contributed by atoms with Crippen molar-refractivity contribution in [2.45, 2.75) is 15.2 Å². The van der Waals surface area contributed by atoms with Crippen LogP contribution < -0.4 is 0 Å². The van der Waals surface area contributed by atoms with Gasteiger partial charge < -0.3 is 4.57 Å². The molecule has 2 aliphatic heterocycles. The molecule has 0 fully saturated rings. The molecule has 3 heteroatoms. The van der Waals surface area contributed by atoms with Crippen LogP contribution in [-0.2, 0) is 5.41 Å². The number of para-hydroxylation sites is 3. The smallest absolute Gasteiger partial charge is 0.0764 e. The van der Waals surface area contributed by atoms with E-state index in [4.69, 9.17) is 0 Å². The fraction of sp³-hybridized carbons (Fsp3) is 0.0270. The normalized spacial score (nSPS) is 17.0. The molecule has 6 aromatic carbocycles. The Labute approximate surface area is 239 Å². The van der Waals surface area contributed by atoms with Crippen LogP contribution >= 0.6 is 23.1 Å². The first-order valence-corrected chi connectivity index (χ1v) is 15.3. The van der Waals surface area contributed by atoms with Crippen LogP contribution in [0.4, 0.5) is 0 Å². The van der Waals surface area contributed by atoms with Gasteiger partial charge in [0.1, 0.15) is 0 Å². The van der Waals surface area contributed by atoms with E-state index in [2.05, 4.69) is 132 Å². The predicted molar refractivity (Wildman–Crippen MR) is 170 cm³/mol. The molecule has 8 aromatic rings. The van der Waals surface area contributed by atoms with Gasteiger partial charge in [-0.25, -0.2) is 0 Å². The molecule has 0 amide bonds. The molecule has 0 saturated heterocycles. The van der Waals surface area contributed by atoms with Gasteiger partial charge in [-0.2, -0.15) is 0 Å². The molecular weight excluding hydrogens is 523 g/mol. The lowest BCUT2D eigenvalue weighted by atomic mass is 9.62. The molecule has 186 valence electrons. The Balaban J connectivity index is 1.48. The van der Waals surface area contributed by atoms with Crippen molar-refractivity contribution in [3.8, 4) is 5.69 Å². The molecule has 0 aliphatic carbocycles. The standard InChI is InChI=1S/C37H21NS2/c1-5-16-30-22(10-1)24-12-9-15-28-36(24)38(30)31-17-6-3-13-26(31)37(28)27-14-4-8-19-33(27)40-35-21-34-25(20-29(35)37)23-11-2-7-18-32(23)39-34/h1-21H. The second-order valence-corrected chi connectivity index (χ2v) is 13.0. The summed E-state index contributed by atoms with van der Waals surface area (Å²) in [4.78, 5) is 2.70. The minimum atomic E-state index is -0.422. The van der Waals surface area contributed by atoms with Crippen LogP contribution in [0.25, 0.3) is 47.7 Å². The monoisotopic (exact) mass is 543 g/mol. The van der Waals surface area contributed by atoms with E-state index >= 15 is 0 Å². The number of hydrogen-bond donors (Lipinski definition) is 0. The summed E-state index contributed by atoms with van der Waals surface area (Å²) in [7, 11) is 0. The Morgan fingerprint density at radius 1 is 0.475 bits per heavy atom. The number of aromatic nitrogens is 1. The van der Waals surface area contributed by atoms with Gasteiger partial charge in [-0.3, -0.25) is 0 Å². The van der Waals surface area contributed by atoms with Crippen molar-refractivity contribution in [1.29, 1.82) is 0 Å². The Morgan fingerprint density at radius 2 is 1.20 bits per heavy atom. The van der Waals surface area contributed by atoms with Gasteiger partial charge >= 0.3 is 0 Å². The Kier molecular flexibility index (Phi) is 4.01. The summed E-state index contributed by atoms with van der Waals surface area (Å²) in [5.74, 6) is 0. The van der Waals surface area contributed by atoms with Crippen molar-refractivity contribution < 1.29 is 0 Å². The van der Waals surface area contributed by atoms with Gasteiger partial charge in [-0.05, 0) is 58.7 Å². The van der Waals surface area contributed by atoms with Gasteiger partial charge in [0, 0.05) is 40.7 Å². The minimum Gasteiger partial charge on any atom is -0.309 e. The van der Waals surface area contributed by atoms with E-state index in [1.807, 2.05) is 23.1 Å². The van der Waals surface area contributed by atoms with Crippen molar-refractivity contribution in [3.05, 3.63) is 150 Å². The Bertz CT molecular complexity index is 2370. The second kappa shape index (κ2) is 7.45. The lowest BCUT2D eigenvalue weighted by Gasteiger charge is -2.45. The van der Waals surface area contributed by atoms with E-state index in [0.717, 1.165) is 0 Å². The van der Waals surface area contributed by atoms with Crippen molar-refractivity contribution in [1.82, 2.24) is 4.57 Å². The number of hydrogen-bond acceptors (Lipinski definition) is 2. The topological polar surface area (TPSA) is 4.93 Å². The summed E-state index contributed by atoms with van der Waals surface area (Å²) < 4.78 is 5.23. The number of nitrogens with zero attached hydrogens (tertiary/aromatic N) is 1. The molecule has 40 heavy (non-hydrogen) atoms. The van der Waals surface area contributed by atoms with Crippen LogP contribution in [-0.4, -0.2) is 4.57 Å². The van der Waals surface area contributed by atoms with Gasteiger partial charge in [0.2, 0.25) is 0 Å². The average molecular weight is 544 g/mol. The maximum atomic E-state index is 2.53. The number of benzene rings is 6. The van der Waals surface area contributed by atoms with Crippen molar-refractivity contribution in [2.75, 3.05) is 0 Å². The minimum absolute atomic E-state index is 0.422. The molecule has 1 nitrogen and oxygen atoms in total. The summed E-state index contributed by atoms with van der Waals surface area (Å²) in [6, 6.07) is 47.9. The van der Waals surface area contributed by atoms with E-state index in [-0.39, 0.29) is 0 Å². The second-order valence-electron chi connectivity index (χ2n) is 10.9. The van der Waals surface area contributed by atoms with E-state index < -0.39 is 5.41 Å². The van der Waals surface area contributed by atoms with E-state index in [0.29, 0.717) is 0 Å². The largest absolute Gasteiger partial charge is 0.309 e. The lowest BCUT2D eigenvalue weighted by molar-refractivity contribution is 0.691. The maximum Gasteiger partial charge on any atom is 0.0764 e. The van der Waals surface area contributed by atoms with Crippen LogP contribution in [0.1, 0.15) is 22.3 Å². The summed E-state index contributed by atoms with van der Waals surface area (Å²) in [6.45, 7) is 0. The molecule has 1 spiro atoms. The van der Waals surface area contributed by atoms with Crippen LogP contribution in [0.5, 0.6) is 0 Å². The first kappa shape index (κ1) is 21.5. The van der Waals surface area contributed by atoms with Crippen LogP contribution in [0.15, 0.2) is 137 Å². The highest BCUT2D eigenvalue weighted by molar-refractivity contribution is 7.99. The Morgan fingerprint density at radius 3 is 2.15 bits per heavy atom. The van der Waals surface area contributed by atoms with E-state index in [1.54, 1.807) is 0 Å². The molecule has 0 radical (unpaired) electrons. The average Bonchev–Trinajstić information content (AvgIpc) is 3.54. The SMILES string of the molecule is c1ccc2c(c1)Sc1cc3sc4ccccc4c3cc1C21c2ccccc2-n2c3ccccc3c3cccc1c32. The van der Waals surface area contributed by atoms with Crippen molar-refractivity contribution in [2.24, 2.45) is 0 Å². The third-order valence-electron chi connectivity index (χ3n) is 9.04. The third kappa shape index (κ3) is 2.43. The summed E-state index contributed by atoms with van der Waals surface area (Å²) in [5, 5.41) is 5.33. The Hall–Kier alpha value is -4.31. The molecule has 1 unspecified atom stereocenters. The number of fused-ring (bicyclic) bond motifs is 14. The van der Waals surface area contributed by atoms with E-state index in [1.165, 1.54) is 79.7 Å². The molecular formula is C37H21NS2. The van der Waals surface area contributed by atoms with Crippen LogP contribution in [0, 0.1) is 0 Å². The summed E-state index contributed by atoms with van der Waals surface area (Å²) >= 11 is 3.83. The molecule has 0 saturated carbocycles. The zero-order valence-electron chi connectivity index (χ0n) is 21.4. The van der Waals surface area contributed by atoms with Gasteiger partial charge in [0.05, 0.1) is 22.1 Å². The molecule has 0 N–H and O–H groups in total. The van der Waals surface area contributed by atoms with Crippen molar-refractivity contribution in [3.63, 3.8) is 0 Å². The highest BCUT2D eigenvalue weighted by Crippen LogP contribution is 2.61. The first-order chi connectivity index (χ1) is 19.8. The van der Waals surface area contributed by atoms with Crippen molar-refractivity contribution >= 4 is 65.1 Å². The fourth-order valence-electron chi connectivity index (χ4n) is 7.54. The predicted octanol–water partition coefficient (Wildman–Crippen LogP) is 10.3. The molecule has 1 atom stereocenters. The molecule has 4 heterocycles. The lowest BCUT2D eigenvalue weighted by Crippen LogP contribution is -2.37. The number of thiophene rings is 1. The quantitative estimate of drug-likeness (QED) is 0.184. The molecule has 10 rings (SSSR count). The first-order valence-electron chi connectivity index (χ1n) is 13.7. The van der Waals surface area contributed by atoms with Gasteiger partial charge in [-0.1, -0.05) is 103 Å². The molecule has 2 aromatic heterocycles. The highest BCUT2D eigenvalue weighted by Gasteiger charge is 2.49. The fourth-order valence-corrected chi connectivity index (χ4v) is 9.96. The summed E-state index contributed by atoms with van der Waals surface area (Å²) in [6.07, 6.45) is 0. The highest BCUT2D eigenvalue weighted by atomic mass is 32.2. The van der Waals surface area contributed by atoms with E-state index in [9.17, 15) is 0 Å². The van der Waals surface area contributed by atoms with Crippen LogP contribution in [0.3, 0.4) is 0 Å². The number of rotatable bonds is 0. The molecule has 0 bridgehead atoms. The maximum absolute atomic E-state index is 2.53. The van der Waals surface area contributed by atoms with Crippen LogP contribution in [0.2, 0.25) is 0 Å². The zero-order chi connectivity index (χ0) is 26.0.